The second-order valence-corrected chi connectivity index (χ2v) is 3.28. The van der Waals surface area contributed by atoms with Crippen LogP contribution in [-0.4, -0.2) is 0 Å². The largest absolute Gasteiger partial charge is 0.198 e. The molecule has 0 fully saturated rings. The molecule has 1 atom stereocenters. The molecule has 0 bridgehead atoms. The molecule has 0 amide bonds. The lowest BCUT2D eigenvalue weighted by Crippen LogP contribution is -1.96. The minimum Gasteiger partial charge on any atom is -0.198 e. The van der Waals surface area contributed by atoms with Crippen molar-refractivity contribution in [2.24, 2.45) is 5.92 Å². The van der Waals surface area contributed by atoms with E-state index in [4.69, 9.17) is 15.8 Å². The van der Waals surface area contributed by atoms with Crippen molar-refractivity contribution in [2.75, 3.05) is 0 Å². The molecule has 1 unspecified atom stereocenters. The third-order valence-electron chi connectivity index (χ3n) is 2.13. The molecule has 14 heavy (non-hydrogen) atoms. The first-order valence-electron chi connectivity index (χ1n) is 4.98. The Balaban J connectivity index is 3.41. The normalized spacial score (nSPS) is 10.9. The monoisotopic (exact) mass is 189 g/mol. The number of hydrogen-bond acceptors (Lipinski definition) is 3. The van der Waals surface area contributed by atoms with E-state index in [-0.39, 0.29) is 5.92 Å². The van der Waals surface area contributed by atoms with Crippen LogP contribution in [0.5, 0.6) is 0 Å². The van der Waals surface area contributed by atoms with Gasteiger partial charge in [-0.05, 0) is 19.3 Å². The fourth-order valence-corrected chi connectivity index (χ4v) is 1.28. The molecular formula is C11H15N3. The molecule has 3 nitrogen and oxygen atoms in total. The predicted molar refractivity (Wildman–Crippen MR) is 52.6 cm³/mol. The Morgan fingerprint density at radius 2 is 1.50 bits per heavy atom. The van der Waals surface area contributed by atoms with Crippen molar-refractivity contribution in [3.8, 4) is 18.2 Å². The highest BCUT2D eigenvalue weighted by Crippen LogP contribution is 2.14. The summed E-state index contributed by atoms with van der Waals surface area (Å²) in [5, 5.41) is 25.4. The summed E-state index contributed by atoms with van der Waals surface area (Å²) >= 11 is 0. The van der Waals surface area contributed by atoms with Gasteiger partial charge in [0.05, 0.1) is 18.2 Å². The molecule has 74 valence electrons. The Morgan fingerprint density at radius 1 is 0.786 bits per heavy atom. The first-order valence-corrected chi connectivity index (χ1v) is 4.98. The molecule has 0 saturated heterocycles. The van der Waals surface area contributed by atoms with Gasteiger partial charge in [-0.25, -0.2) is 0 Å². The lowest BCUT2D eigenvalue weighted by molar-refractivity contribution is 0.518. The summed E-state index contributed by atoms with van der Waals surface area (Å²) < 4.78 is 0. The number of nitriles is 3. The lowest BCUT2D eigenvalue weighted by atomic mass is 9.98. The second-order valence-electron chi connectivity index (χ2n) is 3.28. The summed E-state index contributed by atoms with van der Waals surface area (Å²) in [6.07, 6.45) is 5.55. The van der Waals surface area contributed by atoms with Crippen LogP contribution in [0, 0.1) is 39.9 Å². The highest BCUT2D eigenvalue weighted by atomic mass is 14.3. The Hall–Kier alpha value is -1.53. The lowest BCUT2D eigenvalue weighted by Gasteiger charge is -2.04. The van der Waals surface area contributed by atoms with Crippen molar-refractivity contribution in [1.82, 2.24) is 0 Å². The van der Waals surface area contributed by atoms with Crippen molar-refractivity contribution in [3.05, 3.63) is 0 Å². The van der Waals surface area contributed by atoms with Gasteiger partial charge in [0, 0.05) is 18.8 Å². The van der Waals surface area contributed by atoms with Gasteiger partial charge in [0.1, 0.15) is 0 Å². The summed E-state index contributed by atoms with van der Waals surface area (Å²) in [7, 11) is 0. The zero-order valence-electron chi connectivity index (χ0n) is 8.37. The third-order valence-corrected chi connectivity index (χ3v) is 2.13. The molecule has 0 radical (unpaired) electrons. The van der Waals surface area contributed by atoms with Crippen LogP contribution in [0.15, 0.2) is 0 Å². The van der Waals surface area contributed by atoms with E-state index in [2.05, 4.69) is 12.1 Å². The zero-order chi connectivity index (χ0) is 10.6. The van der Waals surface area contributed by atoms with Crippen LogP contribution in [0.2, 0.25) is 0 Å². The van der Waals surface area contributed by atoms with Gasteiger partial charge in [-0.2, -0.15) is 15.8 Å². The molecule has 0 saturated carbocycles. The van der Waals surface area contributed by atoms with Crippen LogP contribution >= 0.6 is 0 Å². The van der Waals surface area contributed by atoms with Gasteiger partial charge >= 0.3 is 0 Å². The van der Waals surface area contributed by atoms with Crippen molar-refractivity contribution >= 4 is 0 Å². The van der Waals surface area contributed by atoms with E-state index < -0.39 is 0 Å². The summed E-state index contributed by atoms with van der Waals surface area (Å²) in [6, 6.07) is 6.36. The topological polar surface area (TPSA) is 71.4 Å². The smallest absolute Gasteiger partial charge is 0.0656 e. The first kappa shape index (κ1) is 12.5. The maximum Gasteiger partial charge on any atom is 0.0656 e. The van der Waals surface area contributed by atoms with Gasteiger partial charge in [-0.1, -0.05) is 12.8 Å². The van der Waals surface area contributed by atoms with Crippen LogP contribution in [0.3, 0.4) is 0 Å². The Bertz CT molecular complexity index is 251. The van der Waals surface area contributed by atoms with E-state index in [1.165, 1.54) is 0 Å². The van der Waals surface area contributed by atoms with Crippen molar-refractivity contribution in [2.45, 2.75) is 44.9 Å². The van der Waals surface area contributed by atoms with Crippen LogP contribution in [0.1, 0.15) is 44.9 Å². The van der Waals surface area contributed by atoms with Gasteiger partial charge in [-0.15, -0.1) is 0 Å². The number of unbranched alkanes of at least 4 members (excludes halogenated alkanes) is 3. The summed E-state index contributed by atoms with van der Waals surface area (Å²) in [5.41, 5.74) is 0. The van der Waals surface area contributed by atoms with Crippen LogP contribution in [0.25, 0.3) is 0 Å². The van der Waals surface area contributed by atoms with Gasteiger partial charge in [0.2, 0.25) is 0 Å². The average molecular weight is 189 g/mol. The SMILES string of the molecule is N#CCCCCCC(C#N)CCC#N. The van der Waals surface area contributed by atoms with E-state index in [0.717, 1.165) is 25.7 Å². The van der Waals surface area contributed by atoms with E-state index in [9.17, 15) is 0 Å². The molecule has 0 aromatic heterocycles. The highest BCUT2D eigenvalue weighted by Gasteiger charge is 2.05. The predicted octanol–water partition coefficient (Wildman–Crippen LogP) is 2.90. The molecule has 0 aliphatic carbocycles. The number of nitrogens with zero attached hydrogens (tertiary/aromatic N) is 3. The fourth-order valence-electron chi connectivity index (χ4n) is 1.28. The van der Waals surface area contributed by atoms with Gasteiger partial charge in [-0.3, -0.25) is 0 Å². The van der Waals surface area contributed by atoms with Gasteiger partial charge < -0.3 is 0 Å². The molecular weight excluding hydrogens is 174 g/mol. The molecule has 0 rings (SSSR count). The summed E-state index contributed by atoms with van der Waals surface area (Å²) in [6.45, 7) is 0. The highest BCUT2D eigenvalue weighted by molar-refractivity contribution is 4.85. The maximum atomic E-state index is 8.74. The minimum atomic E-state index is 0.0248. The molecule has 0 spiro atoms. The number of hydrogen-bond donors (Lipinski definition) is 0. The Morgan fingerprint density at radius 3 is 2.07 bits per heavy atom. The summed E-state index contributed by atoms with van der Waals surface area (Å²) in [5.74, 6) is 0.0248. The molecule has 0 aliphatic rings. The first-order chi connectivity index (χ1) is 6.85. The van der Waals surface area contributed by atoms with E-state index in [1.54, 1.807) is 0 Å². The average Bonchev–Trinajstić information content (AvgIpc) is 2.22. The van der Waals surface area contributed by atoms with Crippen LogP contribution in [0.4, 0.5) is 0 Å². The molecule has 0 N–H and O–H groups in total. The maximum absolute atomic E-state index is 8.74. The molecule has 0 heterocycles. The quantitative estimate of drug-likeness (QED) is 0.578. The Labute approximate surface area is 85.6 Å². The van der Waals surface area contributed by atoms with Crippen molar-refractivity contribution in [1.29, 1.82) is 15.8 Å². The second kappa shape index (κ2) is 9.56. The zero-order valence-corrected chi connectivity index (χ0v) is 8.37. The van der Waals surface area contributed by atoms with Crippen molar-refractivity contribution < 1.29 is 0 Å². The van der Waals surface area contributed by atoms with Gasteiger partial charge in [0.25, 0.3) is 0 Å². The number of rotatable bonds is 7. The molecule has 3 heteroatoms. The standard InChI is InChI=1S/C11H15N3/c12-8-4-2-1-3-6-11(10-14)7-5-9-13/h11H,1-7H2. The van der Waals surface area contributed by atoms with Gasteiger partial charge in [0.15, 0.2) is 0 Å². The van der Waals surface area contributed by atoms with Crippen LogP contribution < -0.4 is 0 Å². The molecule has 0 aliphatic heterocycles. The molecule has 0 aromatic carbocycles. The third kappa shape index (κ3) is 7.14. The summed E-state index contributed by atoms with van der Waals surface area (Å²) in [4.78, 5) is 0. The van der Waals surface area contributed by atoms with E-state index in [1.807, 2.05) is 6.07 Å². The minimum absolute atomic E-state index is 0.0248. The molecule has 0 aromatic rings. The van der Waals surface area contributed by atoms with E-state index in [0.29, 0.717) is 19.3 Å². The fraction of sp³-hybridized carbons (Fsp3) is 0.727. The van der Waals surface area contributed by atoms with Crippen molar-refractivity contribution in [3.63, 3.8) is 0 Å². The van der Waals surface area contributed by atoms with E-state index >= 15 is 0 Å². The Kier molecular flexibility index (Phi) is 8.51. The van der Waals surface area contributed by atoms with Crippen LogP contribution in [-0.2, 0) is 0 Å².